The summed E-state index contributed by atoms with van der Waals surface area (Å²) in [6, 6.07) is 9.48. The van der Waals surface area contributed by atoms with Gasteiger partial charge in [0.1, 0.15) is 10.6 Å². The number of sulfonamides is 1. The van der Waals surface area contributed by atoms with E-state index in [2.05, 4.69) is 10.0 Å². The molecule has 0 fully saturated rings. The smallest absolute Gasteiger partial charge is 0.338 e. The van der Waals surface area contributed by atoms with E-state index in [0.717, 1.165) is 11.6 Å². The maximum Gasteiger partial charge on any atom is 0.338 e. The SMILES string of the molecule is COc1ccc(C(=O)OCC(=O)NC(=O)NC(C)C)cc1S(=O)(=O)Nc1ccc(C)cc1. The molecule has 0 radical (unpaired) electrons. The molecule has 2 aromatic rings. The maximum atomic E-state index is 12.9. The molecule has 0 heterocycles. The van der Waals surface area contributed by atoms with E-state index in [0.29, 0.717) is 5.69 Å². The van der Waals surface area contributed by atoms with Gasteiger partial charge in [-0.1, -0.05) is 17.7 Å². The van der Waals surface area contributed by atoms with Gasteiger partial charge in [-0.05, 0) is 51.1 Å². The standard InChI is InChI=1S/C21H25N3O7S/c1-13(2)22-21(27)23-19(25)12-31-20(26)15-7-10-17(30-4)18(11-15)32(28,29)24-16-8-5-14(3)6-9-16/h5-11,13,24H,12H2,1-4H3,(H2,22,23,25,27). The van der Waals surface area contributed by atoms with Crippen LogP contribution in [-0.4, -0.2) is 46.1 Å². The number of nitrogens with one attached hydrogen (secondary N) is 3. The summed E-state index contributed by atoms with van der Waals surface area (Å²) in [6.07, 6.45) is 0. The Morgan fingerprint density at radius 2 is 1.69 bits per heavy atom. The average Bonchev–Trinajstić information content (AvgIpc) is 2.72. The summed E-state index contributed by atoms with van der Waals surface area (Å²) >= 11 is 0. The highest BCUT2D eigenvalue weighted by molar-refractivity contribution is 7.92. The Kier molecular flexibility index (Phi) is 8.19. The number of ether oxygens (including phenoxy) is 2. The Balaban J connectivity index is 2.14. The van der Waals surface area contributed by atoms with Crippen molar-refractivity contribution in [3.05, 3.63) is 53.6 Å². The zero-order chi connectivity index (χ0) is 23.9. The normalized spacial score (nSPS) is 10.9. The second kappa shape index (κ2) is 10.6. The lowest BCUT2D eigenvalue weighted by molar-refractivity contribution is -0.123. The quantitative estimate of drug-likeness (QED) is 0.510. The van der Waals surface area contributed by atoms with Gasteiger partial charge in [0.05, 0.1) is 12.7 Å². The Labute approximate surface area is 186 Å². The number of carbonyl (C=O) groups is 3. The Hall–Kier alpha value is -3.60. The van der Waals surface area contributed by atoms with Crippen molar-refractivity contribution in [2.24, 2.45) is 0 Å². The topological polar surface area (TPSA) is 140 Å². The predicted octanol–water partition coefficient (Wildman–Crippen LogP) is 2.20. The van der Waals surface area contributed by atoms with E-state index in [1.54, 1.807) is 38.1 Å². The van der Waals surface area contributed by atoms with Crippen molar-refractivity contribution in [2.75, 3.05) is 18.4 Å². The highest BCUT2D eigenvalue weighted by Crippen LogP contribution is 2.27. The van der Waals surface area contributed by atoms with Crippen LogP contribution in [0.3, 0.4) is 0 Å². The Bertz CT molecular complexity index is 1100. The van der Waals surface area contributed by atoms with Crippen molar-refractivity contribution in [2.45, 2.75) is 31.7 Å². The molecule has 0 saturated carbocycles. The van der Waals surface area contributed by atoms with Crippen LogP contribution in [0, 0.1) is 6.92 Å². The molecule has 0 aromatic heterocycles. The highest BCUT2D eigenvalue weighted by Gasteiger charge is 2.23. The molecule has 11 heteroatoms. The number of carbonyl (C=O) groups excluding carboxylic acids is 3. The summed E-state index contributed by atoms with van der Waals surface area (Å²) in [5.74, 6) is -1.76. The number of methoxy groups -OCH3 is 1. The summed E-state index contributed by atoms with van der Waals surface area (Å²) in [4.78, 5) is 35.3. The molecule has 0 bridgehead atoms. The van der Waals surface area contributed by atoms with Gasteiger partial charge in [0.25, 0.3) is 15.9 Å². The monoisotopic (exact) mass is 463 g/mol. The molecule has 3 amide bonds. The van der Waals surface area contributed by atoms with Crippen LogP contribution in [0.15, 0.2) is 47.4 Å². The van der Waals surface area contributed by atoms with E-state index < -0.39 is 34.5 Å². The van der Waals surface area contributed by atoms with Crippen LogP contribution in [0.4, 0.5) is 10.5 Å². The minimum atomic E-state index is -4.10. The van der Waals surface area contributed by atoms with Crippen LogP contribution < -0.4 is 20.1 Å². The number of benzene rings is 2. The first kappa shape index (κ1) is 24.7. The summed E-state index contributed by atoms with van der Waals surface area (Å²) in [6.45, 7) is 4.58. The fourth-order valence-electron chi connectivity index (χ4n) is 2.52. The van der Waals surface area contributed by atoms with E-state index in [4.69, 9.17) is 9.47 Å². The zero-order valence-electron chi connectivity index (χ0n) is 18.1. The van der Waals surface area contributed by atoms with Crippen LogP contribution in [0.1, 0.15) is 29.8 Å². The second-order valence-corrected chi connectivity index (χ2v) is 8.74. The van der Waals surface area contributed by atoms with Crippen LogP contribution in [0.5, 0.6) is 5.75 Å². The van der Waals surface area contributed by atoms with E-state index in [9.17, 15) is 22.8 Å². The number of amides is 3. The number of aryl methyl sites for hydroxylation is 1. The van der Waals surface area contributed by atoms with Gasteiger partial charge < -0.3 is 14.8 Å². The van der Waals surface area contributed by atoms with Crippen LogP contribution in [0.25, 0.3) is 0 Å². The zero-order valence-corrected chi connectivity index (χ0v) is 18.9. The fraction of sp³-hybridized carbons (Fsp3) is 0.286. The van der Waals surface area contributed by atoms with Crippen LogP contribution >= 0.6 is 0 Å². The number of hydrogen-bond donors (Lipinski definition) is 3. The lowest BCUT2D eigenvalue weighted by Gasteiger charge is -2.13. The largest absolute Gasteiger partial charge is 0.495 e. The van der Waals surface area contributed by atoms with Gasteiger partial charge in [-0.15, -0.1) is 0 Å². The van der Waals surface area contributed by atoms with Gasteiger partial charge in [-0.25, -0.2) is 18.0 Å². The lowest BCUT2D eigenvalue weighted by atomic mass is 10.2. The van der Waals surface area contributed by atoms with Crippen molar-refractivity contribution < 1.29 is 32.3 Å². The molecule has 0 atom stereocenters. The third-order valence-corrected chi connectivity index (χ3v) is 5.40. The number of anilines is 1. The molecular weight excluding hydrogens is 438 g/mol. The molecule has 0 aliphatic carbocycles. The van der Waals surface area contributed by atoms with Crippen molar-refractivity contribution in [3.8, 4) is 5.75 Å². The number of rotatable bonds is 8. The first-order chi connectivity index (χ1) is 15.0. The van der Waals surface area contributed by atoms with E-state index >= 15 is 0 Å². The third kappa shape index (κ3) is 6.98. The van der Waals surface area contributed by atoms with Gasteiger partial charge in [0.15, 0.2) is 6.61 Å². The highest BCUT2D eigenvalue weighted by atomic mass is 32.2. The van der Waals surface area contributed by atoms with Gasteiger partial charge in [0, 0.05) is 11.7 Å². The van der Waals surface area contributed by atoms with E-state index in [-0.39, 0.29) is 22.3 Å². The first-order valence-electron chi connectivity index (χ1n) is 9.57. The lowest BCUT2D eigenvalue weighted by Crippen LogP contribution is -2.44. The molecule has 0 aliphatic rings. The maximum absolute atomic E-state index is 12.9. The predicted molar refractivity (Wildman–Crippen MR) is 117 cm³/mol. The number of urea groups is 1. The summed E-state index contributed by atoms with van der Waals surface area (Å²) in [7, 11) is -2.80. The molecule has 3 N–H and O–H groups in total. The molecular formula is C21H25N3O7S. The first-order valence-corrected chi connectivity index (χ1v) is 11.0. The average molecular weight is 464 g/mol. The summed E-state index contributed by atoms with van der Waals surface area (Å²) in [5, 5.41) is 4.46. The summed E-state index contributed by atoms with van der Waals surface area (Å²) in [5.41, 5.74) is 1.18. The van der Waals surface area contributed by atoms with Crippen molar-refractivity contribution in [3.63, 3.8) is 0 Å². The van der Waals surface area contributed by atoms with Crippen molar-refractivity contribution in [1.29, 1.82) is 0 Å². The molecule has 0 saturated heterocycles. The molecule has 172 valence electrons. The van der Waals surface area contributed by atoms with Gasteiger partial charge in [-0.2, -0.15) is 0 Å². The number of hydrogen-bond acceptors (Lipinski definition) is 7. The van der Waals surface area contributed by atoms with Crippen LogP contribution in [0.2, 0.25) is 0 Å². The van der Waals surface area contributed by atoms with Gasteiger partial charge >= 0.3 is 12.0 Å². The second-order valence-electron chi connectivity index (χ2n) is 7.09. The molecule has 0 aliphatic heterocycles. The molecule has 2 aromatic carbocycles. The number of imide groups is 1. The van der Waals surface area contributed by atoms with Crippen molar-refractivity contribution in [1.82, 2.24) is 10.6 Å². The summed E-state index contributed by atoms with van der Waals surface area (Å²) < 4.78 is 38.1. The fourth-order valence-corrected chi connectivity index (χ4v) is 3.78. The van der Waals surface area contributed by atoms with Crippen molar-refractivity contribution >= 4 is 33.6 Å². The molecule has 10 nitrogen and oxygen atoms in total. The molecule has 2 rings (SSSR count). The Morgan fingerprint density at radius 1 is 1.03 bits per heavy atom. The third-order valence-electron chi connectivity index (χ3n) is 4.00. The van der Waals surface area contributed by atoms with E-state index in [1.165, 1.54) is 19.2 Å². The van der Waals surface area contributed by atoms with Crippen LogP contribution in [-0.2, 0) is 19.6 Å². The minimum Gasteiger partial charge on any atom is -0.495 e. The molecule has 0 spiro atoms. The molecule has 32 heavy (non-hydrogen) atoms. The minimum absolute atomic E-state index is 0.0178. The number of esters is 1. The van der Waals surface area contributed by atoms with Gasteiger partial charge in [0.2, 0.25) is 0 Å². The molecule has 0 unspecified atom stereocenters. The Morgan fingerprint density at radius 3 is 2.28 bits per heavy atom. The van der Waals surface area contributed by atoms with E-state index in [1.807, 2.05) is 12.2 Å². The van der Waals surface area contributed by atoms with Gasteiger partial charge in [-0.3, -0.25) is 14.8 Å².